The summed E-state index contributed by atoms with van der Waals surface area (Å²) in [6, 6.07) is 5.32. The van der Waals surface area contributed by atoms with Gasteiger partial charge in [0, 0.05) is 24.9 Å². The fourth-order valence-corrected chi connectivity index (χ4v) is 5.16. The number of hydrogen-bond acceptors (Lipinski definition) is 6. The van der Waals surface area contributed by atoms with Gasteiger partial charge >= 0.3 is 0 Å². The van der Waals surface area contributed by atoms with E-state index in [-0.39, 0.29) is 35.7 Å². The maximum absolute atomic E-state index is 13.9. The lowest BCUT2D eigenvalue weighted by Crippen LogP contribution is -2.41. The molecule has 0 bridgehead atoms. The van der Waals surface area contributed by atoms with Crippen LogP contribution in [0.5, 0.6) is 0 Å². The second kappa shape index (κ2) is 7.99. The lowest BCUT2D eigenvalue weighted by Gasteiger charge is -2.30. The summed E-state index contributed by atoms with van der Waals surface area (Å²) in [7, 11) is -3.90. The Balaban J connectivity index is 1.61. The minimum Gasteiger partial charge on any atom is -0.300 e. The summed E-state index contributed by atoms with van der Waals surface area (Å²) in [5.74, 6) is -1.04. The summed E-state index contributed by atoms with van der Waals surface area (Å²) in [6.45, 7) is 4.33. The molecule has 27 heavy (non-hydrogen) atoms. The van der Waals surface area contributed by atoms with Crippen LogP contribution in [0.15, 0.2) is 29.2 Å². The van der Waals surface area contributed by atoms with Gasteiger partial charge in [0.15, 0.2) is 0 Å². The van der Waals surface area contributed by atoms with Gasteiger partial charge in [-0.2, -0.15) is 4.31 Å². The smallest absolute Gasteiger partial charge is 0.245 e. The molecular weight excluding hydrogens is 391 g/mol. The van der Waals surface area contributed by atoms with Crippen LogP contribution in [0.25, 0.3) is 0 Å². The highest BCUT2D eigenvalue weighted by molar-refractivity contribution is 7.89. The van der Waals surface area contributed by atoms with E-state index < -0.39 is 15.8 Å². The highest BCUT2D eigenvalue weighted by Crippen LogP contribution is 2.27. The molecule has 0 atom stereocenters. The van der Waals surface area contributed by atoms with Crippen LogP contribution in [0.4, 0.5) is 9.52 Å². The SMILES string of the molecule is CC(C)c1nnc(NC(=O)C2CCN(S(=O)(=O)c3ccccc3F)CC2)s1. The molecule has 1 aliphatic rings. The quantitative estimate of drug-likeness (QED) is 0.815. The number of anilines is 1. The molecule has 10 heteroatoms. The van der Waals surface area contributed by atoms with Crippen molar-refractivity contribution in [2.75, 3.05) is 18.4 Å². The van der Waals surface area contributed by atoms with E-state index in [2.05, 4.69) is 15.5 Å². The number of nitrogens with one attached hydrogen (secondary N) is 1. The van der Waals surface area contributed by atoms with Gasteiger partial charge in [0.1, 0.15) is 15.7 Å². The van der Waals surface area contributed by atoms with Crippen LogP contribution in [0, 0.1) is 11.7 Å². The lowest BCUT2D eigenvalue weighted by molar-refractivity contribution is -0.120. The zero-order valence-corrected chi connectivity index (χ0v) is 16.7. The molecule has 2 heterocycles. The molecule has 2 aromatic rings. The molecule has 0 unspecified atom stereocenters. The number of carbonyl (C=O) groups excluding carboxylic acids is 1. The zero-order valence-electron chi connectivity index (χ0n) is 15.1. The van der Waals surface area contributed by atoms with Crippen molar-refractivity contribution >= 4 is 32.4 Å². The minimum atomic E-state index is -3.90. The first-order valence-electron chi connectivity index (χ1n) is 8.68. The second-order valence-corrected chi connectivity index (χ2v) is 9.61. The highest BCUT2D eigenvalue weighted by Gasteiger charge is 2.33. The van der Waals surface area contributed by atoms with E-state index in [4.69, 9.17) is 0 Å². The van der Waals surface area contributed by atoms with Crippen LogP contribution in [-0.4, -0.2) is 41.9 Å². The lowest BCUT2D eigenvalue weighted by atomic mass is 9.97. The maximum atomic E-state index is 13.9. The molecule has 1 fully saturated rings. The fourth-order valence-electron chi connectivity index (χ4n) is 2.88. The Kier molecular flexibility index (Phi) is 5.87. The monoisotopic (exact) mass is 412 g/mol. The van der Waals surface area contributed by atoms with Gasteiger partial charge in [-0.05, 0) is 25.0 Å². The topological polar surface area (TPSA) is 92.3 Å². The van der Waals surface area contributed by atoms with Crippen LogP contribution in [0.3, 0.4) is 0 Å². The largest absolute Gasteiger partial charge is 0.300 e. The number of hydrogen-bond donors (Lipinski definition) is 1. The molecule has 1 aromatic heterocycles. The minimum absolute atomic E-state index is 0.169. The van der Waals surface area contributed by atoms with Crippen molar-refractivity contribution in [3.05, 3.63) is 35.1 Å². The average Bonchev–Trinajstić information content (AvgIpc) is 3.11. The van der Waals surface area contributed by atoms with Crippen molar-refractivity contribution in [3.8, 4) is 0 Å². The third-order valence-electron chi connectivity index (χ3n) is 4.44. The van der Waals surface area contributed by atoms with Crippen LogP contribution in [0.1, 0.15) is 37.6 Å². The molecular formula is C17H21FN4O3S2. The molecule has 146 valence electrons. The summed E-state index contributed by atoms with van der Waals surface area (Å²) >= 11 is 1.33. The van der Waals surface area contributed by atoms with E-state index in [1.165, 1.54) is 33.8 Å². The number of benzene rings is 1. The van der Waals surface area contributed by atoms with Crippen molar-refractivity contribution in [2.45, 2.75) is 37.5 Å². The molecule has 0 radical (unpaired) electrons. The summed E-state index contributed by atoms with van der Waals surface area (Å²) < 4.78 is 40.3. The van der Waals surface area contributed by atoms with E-state index >= 15 is 0 Å². The first-order chi connectivity index (χ1) is 12.8. The predicted octanol–water partition coefficient (Wildman–Crippen LogP) is 2.84. The van der Waals surface area contributed by atoms with Crippen LogP contribution >= 0.6 is 11.3 Å². The molecule has 1 saturated heterocycles. The van der Waals surface area contributed by atoms with E-state index in [9.17, 15) is 17.6 Å². The number of carbonyl (C=O) groups is 1. The molecule has 0 aliphatic carbocycles. The Hall–Kier alpha value is -1.91. The first-order valence-corrected chi connectivity index (χ1v) is 10.9. The van der Waals surface area contributed by atoms with Crippen molar-refractivity contribution in [1.82, 2.24) is 14.5 Å². The van der Waals surface area contributed by atoms with E-state index in [0.717, 1.165) is 11.1 Å². The normalized spacial score (nSPS) is 16.6. The summed E-state index contributed by atoms with van der Waals surface area (Å²) in [5, 5.41) is 12.0. The fraction of sp³-hybridized carbons (Fsp3) is 0.471. The second-order valence-electron chi connectivity index (χ2n) is 6.70. The first kappa shape index (κ1) is 19.8. The summed E-state index contributed by atoms with van der Waals surface area (Å²) in [6.07, 6.45) is 0.741. The van der Waals surface area contributed by atoms with Gasteiger partial charge in [-0.3, -0.25) is 4.79 Å². The molecule has 3 rings (SSSR count). The van der Waals surface area contributed by atoms with Gasteiger partial charge < -0.3 is 5.32 Å². The zero-order chi connectivity index (χ0) is 19.6. The summed E-state index contributed by atoms with van der Waals surface area (Å²) in [5.41, 5.74) is 0. The van der Waals surface area contributed by atoms with Gasteiger partial charge in [0.2, 0.25) is 21.1 Å². The van der Waals surface area contributed by atoms with Crippen molar-refractivity contribution in [2.24, 2.45) is 5.92 Å². The summed E-state index contributed by atoms with van der Waals surface area (Å²) in [4.78, 5) is 12.1. The third kappa shape index (κ3) is 4.33. The molecule has 1 aromatic carbocycles. The van der Waals surface area contributed by atoms with Gasteiger partial charge in [-0.15, -0.1) is 10.2 Å². The number of rotatable bonds is 5. The number of aromatic nitrogens is 2. The molecule has 1 amide bonds. The van der Waals surface area contributed by atoms with Gasteiger partial charge in [-0.25, -0.2) is 12.8 Å². The van der Waals surface area contributed by atoms with Crippen molar-refractivity contribution in [3.63, 3.8) is 0 Å². The van der Waals surface area contributed by atoms with Crippen LogP contribution < -0.4 is 5.32 Å². The number of amides is 1. The number of piperidine rings is 1. The average molecular weight is 413 g/mol. The predicted molar refractivity (Wildman–Crippen MR) is 101 cm³/mol. The molecule has 1 aliphatic heterocycles. The molecule has 0 spiro atoms. The van der Waals surface area contributed by atoms with Gasteiger partial charge in [-0.1, -0.05) is 37.3 Å². The number of halogens is 1. The number of nitrogens with zero attached hydrogens (tertiary/aromatic N) is 3. The standard InChI is InChI=1S/C17H21FN4O3S2/c1-11(2)16-20-21-17(26-16)19-15(23)12-7-9-22(10-8-12)27(24,25)14-6-4-3-5-13(14)18/h3-6,11-12H,7-10H2,1-2H3,(H,19,21,23). The number of sulfonamides is 1. The maximum Gasteiger partial charge on any atom is 0.245 e. The Morgan fingerprint density at radius 1 is 1.26 bits per heavy atom. The van der Waals surface area contributed by atoms with Crippen molar-refractivity contribution in [1.29, 1.82) is 0 Å². The Morgan fingerprint density at radius 2 is 1.93 bits per heavy atom. The van der Waals surface area contributed by atoms with Gasteiger partial charge in [0.25, 0.3) is 0 Å². The molecule has 1 N–H and O–H groups in total. The Bertz CT molecular complexity index is 922. The molecule has 0 saturated carbocycles. The van der Waals surface area contributed by atoms with E-state index in [0.29, 0.717) is 18.0 Å². The van der Waals surface area contributed by atoms with Crippen molar-refractivity contribution < 1.29 is 17.6 Å². The van der Waals surface area contributed by atoms with E-state index in [1.54, 1.807) is 0 Å². The third-order valence-corrected chi connectivity index (χ3v) is 7.51. The van der Waals surface area contributed by atoms with Crippen LogP contribution in [-0.2, 0) is 14.8 Å². The highest BCUT2D eigenvalue weighted by atomic mass is 32.2. The Labute approximate surface area is 161 Å². The van der Waals surface area contributed by atoms with E-state index in [1.807, 2.05) is 13.8 Å². The molecule has 7 nitrogen and oxygen atoms in total. The van der Waals surface area contributed by atoms with Crippen LogP contribution in [0.2, 0.25) is 0 Å². The van der Waals surface area contributed by atoms with Gasteiger partial charge in [0.05, 0.1) is 0 Å². The Morgan fingerprint density at radius 3 is 2.52 bits per heavy atom.